The molecule has 0 amide bonds. The van der Waals surface area contributed by atoms with Gasteiger partial charge in [-0.3, -0.25) is 4.90 Å². The summed E-state index contributed by atoms with van der Waals surface area (Å²) in [4.78, 5) is 5.17. The Morgan fingerprint density at radius 2 is 2.00 bits per heavy atom. The average Bonchev–Trinajstić information content (AvgIpc) is 2.82. The van der Waals surface area contributed by atoms with Crippen LogP contribution < -0.4 is 0 Å². The van der Waals surface area contributed by atoms with E-state index >= 15 is 0 Å². The molecule has 1 aromatic rings. The maximum Gasteiger partial charge on any atom is 0.0236 e. The van der Waals surface area contributed by atoms with Gasteiger partial charge in [-0.1, -0.05) is 24.3 Å². The molecule has 0 unspecified atom stereocenters. The molecule has 1 aromatic carbocycles. The second-order valence-corrected chi connectivity index (χ2v) is 5.86. The van der Waals surface area contributed by atoms with E-state index in [1.54, 1.807) is 11.1 Å². The van der Waals surface area contributed by atoms with Gasteiger partial charge in [-0.2, -0.15) is 0 Å². The van der Waals surface area contributed by atoms with Crippen molar-refractivity contribution in [2.45, 2.75) is 38.3 Å². The fraction of sp³-hybridized carbons (Fsp3) is 0.625. The quantitative estimate of drug-likeness (QED) is 0.806. The lowest BCUT2D eigenvalue weighted by Crippen LogP contribution is -2.35. The molecular weight excluding hydrogens is 220 g/mol. The number of hydrogen-bond acceptors (Lipinski definition) is 2. The van der Waals surface area contributed by atoms with Crippen LogP contribution in [0.25, 0.3) is 0 Å². The minimum atomic E-state index is 0.835. The molecular formula is C16H24N2. The van der Waals surface area contributed by atoms with Crippen molar-refractivity contribution in [2.24, 2.45) is 0 Å². The van der Waals surface area contributed by atoms with Crippen molar-refractivity contribution in [3.05, 3.63) is 35.4 Å². The largest absolute Gasteiger partial charge is 0.303 e. The van der Waals surface area contributed by atoms with Crippen LogP contribution in [-0.2, 0) is 13.0 Å². The molecule has 0 aromatic heterocycles. The van der Waals surface area contributed by atoms with E-state index in [2.05, 4.69) is 41.1 Å². The molecule has 1 atom stereocenters. The molecule has 0 spiro atoms. The summed E-state index contributed by atoms with van der Waals surface area (Å²) in [7, 11) is 2.28. The number of hydrogen-bond donors (Lipinski definition) is 0. The van der Waals surface area contributed by atoms with Gasteiger partial charge in [0.25, 0.3) is 0 Å². The molecule has 2 nitrogen and oxygen atoms in total. The maximum absolute atomic E-state index is 2.63. The van der Waals surface area contributed by atoms with Crippen LogP contribution in [0.3, 0.4) is 0 Å². The Morgan fingerprint density at radius 1 is 1.17 bits per heavy atom. The van der Waals surface area contributed by atoms with Crippen LogP contribution in [0, 0.1) is 0 Å². The molecule has 3 rings (SSSR count). The molecule has 2 aliphatic heterocycles. The first-order valence-corrected chi connectivity index (χ1v) is 7.32. The third-order valence-electron chi connectivity index (χ3n) is 4.66. The smallest absolute Gasteiger partial charge is 0.0236 e. The van der Waals surface area contributed by atoms with E-state index in [1.165, 1.54) is 45.3 Å². The molecule has 0 bridgehead atoms. The van der Waals surface area contributed by atoms with E-state index in [1.807, 2.05) is 0 Å². The molecule has 2 heteroatoms. The van der Waals surface area contributed by atoms with E-state index in [0.717, 1.165) is 12.6 Å². The van der Waals surface area contributed by atoms with E-state index in [4.69, 9.17) is 0 Å². The topological polar surface area (TPSA) is 6.48 Å². The van der Waals surface area contributed by atoms with Crippen molar-refractivity contribution < 1.29 is 0 Å². The Kier molecular flexibility index (Phi) is 3.67. The molecule has 2 heterocycles. The van der Waals surface area contributed by atoms with Gasteiger partial charge in [0.05, 0.1) is 0 Å². The van der Waals surface area contributed by atoms with Gasteiger partial charge < -0.3 is 4.90 Å². The second kappa shape index (κ2) is 5.41. The zero-order chi connectivity index (χ0) is 12.4. The number of rotatable bonds is 3. The van der Waals surface area contributed by atoms with Crippen LogP contribution in [0.4, 0.5) is 0 Å². The van der Waals surface area contributed by atoms with Crippen molar-refractivity contribution in [3.63, 3.8) is 0 Å². The summed E-state index contributed by atoms with van der Waals surface area (Å²) in [5.41, 5.74) is 3.11. The van der Waals surface area contributed by atoms with Gasteiger partial charge in [-0.05, 0) is 56.9 Å². The van der Waals surface area contributed by atoms with E-state index in [9.17, 15) is 0 Å². The third-order valence-corrected chi connectivity index (χ3v) is 4.66. The molecule has 0 N–H and O–H groups in total. The number of benzene rings is 1. The highest BCUT2D eigenvalue weighted by Crippen LogP contribution is 2.21. The highest BCUT2D eigenvalue weighted by Gasteiger charge is 2.22. The van der Waals surface area contributed by atoms with Gasteiger partial charge in [-0.15, -0.1) is 0 Å². The summed E-state index contributed by atoms with van der Waals surface area (Å²) >= 11 is 0. The van der Waals surface area contributed by atoms with E-state index < -0.39 is 0 Å². The van der Waals surface area contributed by atoms with Crippen LogP contribution in [0.15, 0.2) is 24.3 Å². The van der Waals surface area contributed by atoms with Gasteiger partial charge in [0, 0.05) is 19.1 Å². The van der Waals surface area contributed by atoms with Crippen LogP contribution in [0.1, 0.15) is 30.4 Å². The third kappa shape index (κ3) is 2.60. The van der Waals surface area contributed by atoms with Crippen molar-refractivity contribution in [3.8, 4) is 0 Å². The Bertz CT molecular complexity index is 402. The highest BCUT2D eigenvalue weighted by atomic mass is 15.2. The van der Waals surface area contributed by atoms with E-state index in [0.29, 0.717) is 0 Å². The van der Waals surface area contributed by atoms with Gasteiger partial charge in [0.2, 0.25) is 0 Å². The number of likely N-dealkylation sites (tertiary alicyclic amines) is 1. The molecule has 1 saturated heterocycles. The Balaban J connectivity index is 1.53. The molecule has 2 aliphatic rings. The molecule has 98 valence electrons. The first-order chi connectivity index (χ1) is 8.83. The lowest BCUT2D eigenvalue weighted by Gasteiger charge is -2.30. The Hall–Kier alpha value is -0.860. The van der Waals surface area contributed by atoms with Crippen molar-refractivity contribution in [1.29, 1.82) is 0 Å². The van der Waals surface area contributed by atoms with Crippen molar-refractivity contribution >= 4 is 0 Å². The van der Waals surface area contributed by atoms with Crippen molar-refractivity contribution in [1.82, 2.24) is 9.80 Å². The van der Waals surface area contributed by atoms with Crippen molar-refractivity contribution in [2.75, 3.05) is 26.7 Å². The zero-order valence-corrected chi connectivity index (χ0v) is 11.4. The average molecular weight is 244 g/mol. The van der Waals surface area contributed by atoms with Crippen LogP contribution in [0.2, 0.25) is 0 Å². The second-order valence-electron chi connectivity index (χ2n) is 5.86. The fourth-order valence-electron chi connectivity index (χ4n) is 3.42. The first-order valence-electron chi connectivity index (χ1n) is 7.32. The standard InChI is InChI=1S/C16H24N2/c1-17-10-4-7-16(17)9-12-18-11-8-14-5-2-3-6-15(14)13-18/h2-3,5-6,16H,4,7-13H2,1H3/t16-/m0/s1. The summed E-state index contributed by atoms with van der Waals surface area (Å²) in [5, 5.41) is 0. The SMILES string of the molecule is CN1CCC[C@H]1CCN1CCc2ccccc2C1. The van der Waals surface area contributed by atoms with Gasteiger partial charge >= 0.3 is 0 Å². The Labute approximate surface area is 111 Å². The molecule has 1 fully saturated rings. The van der Waals surface area contributed by atoms with Gasteiger partial charge in [0.1, 0.15) is 0 Å². The summed E-state index contributed by atoms with van der Waals surface area (Å²) in [6.45, 7) is 4.97. The summed E-state index contributed by atoms with van der Waals surface area (Å²) in [6.07, 6.45) is 5.38. The predicted octanol–water partition coefficient (Wildman–Crippen LogP) is 2.53. The van der Waals surface area contributed by atoms with Crippen LogP contribution >= 0.6 is 0 Å². The van der Waals surface area contributed by atoms with Crippen LogP contribution in [-0.4, -0.2) is 42.5 Å². The molecule has 0 saturated carbocycles. The zero-order valence-electron chi connectivity index (χ0n) is 11.4. The Morgan fingerprint density at radius 3 is 2.78 bits per heavy atom. The molecule has 0 radical (unpaired) electrons. The normalized spacial score (nSPS) is 25.3. The van der Waals surface area contributed by atoms with Gasteiger partial charge in [-0.25, -0.2) is 0 Å². The minimum Gasteiger partial charge on any atom is -0.303 e. The number of fused-ring (bicyclic) bond motifs is 1. The molecule has 0 aliphatic carbocycles. The summed E-state index contributed by atoms with van der Waals surface area (Å²) in [6, 6.07) is 9.76. The highest BCUT2D eigenvalue weighted by molar-refractivity contribution is 5.28. The summed E-state index contributed by atoms with van der Waals surface area (Å²) < 4.78 is 0. The minimum absolute atomic E-state index is 0.835. The first kappa shape index (κ1) is 12.2. The lowest BCUT2D eigenvalue weighted by atomic mass is 9.99. The van der Waals surface area contributed by atoms with Gasteiger partial charge in [0.15, 0.2) is 0 Å². The molecule has 18 heavy (non-hydrogen) atoms. The van der Waals surface area contributed by atoms with Crippen LogP contribution in [0.5, 0.6) is 0 Å². The maximum atomic E-state index is 2.63. The predicted molar refractivity (Wildman–Crippen MR) is 75.7 cm³/mol. The fourth-order valence-corrected chi connectivity index (χ4v) is 3.42. The van der Waals surface area contributed by atoms with E-state index in [-0.39, 0.29) is 0 Å². The number of nitrogens with zero attached hydrogens (tertiary/aromatic N) is 2. The summed E-state index contributed by atoms with van der Waals surface area (Å²) in [5.74, 6) is 0. The lowest BCUT2D eigenvalue weighted by molar-refractivity contribution is 0.211. The monoisotopic (exact) mass is 244 g/mol.